The molecule has 0 aliphatic heterocycles. The van der Waals surface area contributed by atoms with E-state index in [4.69, 9.17) is 11.6 Å². The van der Waals surface area contributed by atoms with E-state index >= 15 is 0 Å². The van der Waals surface area contributed by atoms with Crippen molar-refractivity contribution in [3.05, 3.63) is 0 Å². The Morgan fingerprint density at radius 3 is 2.47 bits per heavy atom. The van der Waals surface area contributed by atoms with Gasteiger partial charge in [-0.05, 0) is 123 Å². The summed E-state index contributed by atoms with van der Waals surface area (Å²) in [6.45, 7) is 9.03. The Bertz CT molecular complexity index is 692. The lowest BCUT2D eigenvalue weighted by molar-refractivity contribution is -0.167. The number of aliphatic hydroxyl groups excluding tert-OH is 1. The lowest BCUT2D eigenvalue weighted by Gasteiger charge is -2.63. The first-order valence-corrected chi connectivity index (χ1v) is 12.8. The maximum Gasteiger partial charge on any atom is 0.221 e. The van der Waals surface area contributed by atoms with Gasteiger partial charge in [0.05, 0.1) is 6.10 Å². The Balaban J connectivity index is 1.58. The third kappa shape index (κ3) is 3.51. The highest BCUT2D eigenvalue weighted by Crippen LogP contribution is 2.69. The van der Waals surface area contributed by atoms with Gasteiger partial charge in [-0.15, -0.1) is 0 Å². The summed E-state index contributed by atoms with van der Waals surface area (Å²) in [5, 5.41) is 10.3. The van der Waals surface area contributed by atoms with E-state index < -0.39 is 0 Å². The van der Waals surface area contributed by atoms with Crippen molar-refractivity contribution in [2.24, 2.45) is 52.3 Å². The van der Waals surface area contributed by atoms with E-state index in [2.05, 4.69) is 20.8 Å². The molecule has 0 aromatic heterocycles. The van der Waals surface area contributed by atoms with Crippen LogP contribution in [0.4, 0.5) is 0 Å². The smallest absolute Gasteiger partial charge is 0.221 e. The highest BCUT2D eigenvalue weighted by molar-refractivity contribution is 6.63. The minimum Gasteiger partial charge on any atom is -0.393 e. The molecule has 0 bridgehead atoms. The highest BCUT2D eigenvalue weighted by Gasteiger charge is 2.63. The summed E-state index contributed by atoms with van der Waals surface area (Å²) in [7, 11) is 0. The van der Waals surface area contributed by atoms with Crippen molar-refractivity contribution < 1.29 is 14.7 Å². The van der Waals surface area contributed by atoms with Crippen molar-refractivity contribution in [1.29, 1.82) is 0 Å². The summed E-state index contributed by atoms with van der Waals surface area (Å²) in [5.41, 5.74) is 0.420. The summed E-state index contributed by atoms with van der Waals surface area (Å²) in [6.07, 6.45) is 10.1. The van der Waals surface area contributed by atoms with Gasteiger partial charge < -0.3 is 5.11 Å². The molecular formula is C26H41ClO3. The summed E-state index contributed by atoms with van der Waals surface area (Å²) in [6, 6.07) is 0. The van der Waals surface area contributed by atoms with E-state index in [1.165, 1.54) is 38.5 Å². The van der Waals surface area contributed by atoms with Gasteiger partial charge in [0.1, 0.15) is 5.78 Å². The average Bonchev–Trinajstić information content (AvgIpc) is 3.03. The molecule has 3 nitrogen and oxygen atoms in total. The molecule has 30 heavy (non-hydrogen) atoms. The molecule has 0 spiro atoms. The first-order chi connectivity index (χ1) is 14.1. The number of aliphatic hydroxyl groups is 1. The van der Waals surface area contributed by atoms with Gasteiger partial charge >= 0.3 is 0 Å². The van der Waals surface area contributed by atoms with Gasteiger partial charge in [0, 0.05) is 12.3 Å². The van der Waals surface area contributed by atoms with Crippen LogP contribution in [0.1, 0.15) is 91.9 Å². The van der Waals surface area contributed by atoms with E-state index in [9.17, 15) is 14.7 Å². The van der Waals surface area contributed by atoms with Crippen molar-refractivity contribution in [2.75, 3.05) is 0 Å². The number of fused-ring (bicyclic) bond motifs is 5. The topological polar surface area (TPSA) is 54.4 Å². The largest absolute Gasteiger partial charge is 0.393 e. The van der Waals surface area contributed by atoms with E-state index in [1.54, 1.807) is 6.92 Å². The van der Waals surface area contributed by atoms with Gasteiger partial charge in [-0.2, -0.15) is 0 Å². The number of Topliss-reactive ketones (excluding diaryl/α,β-unsaturated/α-hetero) is 1. The summed E-state index contributed by atoms with van der Waals surface area (Å²) >= 11 is 5.64. The predicted octanol–water partition coefficient (Wildman–Crippen LogP) is 6.00. The number of carbonyl (C=O) groups excluding carboxylic acids is 2. The zero-order chi connectivity index (χ0) is 21.8. The van der Waals surface area contributed by atoms with Crippen LogP contribution in [0.3, 0.4) is 0 Å². The highest BCUT2D eigenvalue weighted by atomic mass is 35.5. The number of rotatable bonds is 5. The van der Waals surface area contributed by atoms with Gasteiger partial charge in [0.2, 0.25) is 5.24 Å². The molecule has 4 aliphatic rings. The lowest BCUT2D eigenvalue weighted by Crippen LogP contribution is -2.58. The molecule has 10 atom stereocenters. The fraction of sp³-hybridized carbons (Fsp3) is 0.923. The molecule has 4 heteroatoms. The number of hydrogen-bond acceptors (Lipinski definition) is 3. The Morgan fingerprint density at radius 1 is 1.07 bits per heavy atom. The van der Waals surface area contributed by atoms with Crippen molar-refractivity contribution >= 4 is 22.6 Å². The van der Waals surface area contributed by atoms with Crippen molar-refractivity contribution in [2.45, 2.75) is 98.0 Å². The quantitative estimate of drug-likeness (QED) is 0.537. The molecule has 4 saturated carbocycles. The molecule has 4 aliphatic carbocycles. The maximum atomic E-state index is 12.7. The minimum atomic E-state index is -0.302. The zero-order valence-corrected chi connectivity index (χ0v) is 20.1. The first-order valence-electron chi connectivity index (χ1n) is 12.5. The monoisotopic (exact) mass is 436 g/mol. The second-order valence-corrected chi connectivity index (χ2v) is 12.3. The normalized spacial score (nSPS) is 48.9. The fourth-order valence-corrected chi connectivity index (χ4v) is 9.57. The Labute approximate surface area is 187 Å². The van der Waals surface area contributed by atoms with Gasteiger partial charge in [-0.3, -0.25) is 9.59 Å². The van der Waals surface area contributed by atoms with Gasteiger partial charge in [0.15, 0.2) is 0 Å². The van der Waals surface area contributed by atoms with E-state index in [-0.39, 0.29) is 22.7 Å². The number of ketones is 1. The molecule has 1 N–H and O–H groups in total. The van der Waals surface area contributed by atoms with Crippen LogP contribution in [0.5, 0.6) is 0 Å². The molecule has 4 fully saturated rings. The van der Waals surface area contributed by atoms with Crippen LogP contribution in [-0.2, 0) is 9.59 Å². The number of carbonyl (C=O) groups is 2. The number of halogens is 1. The molecule has 0 saturated heterocycles. The Kier molecular flexibility index (Phi) is 6.21. The predicted molar refractivity (Wildman–Crippen MR) is 120 cm³/mol. The maximum absolute atomic E-state index is 12.7. The Hall–Kier alpha value is -0.410. The molecule has 0 aromatic carbocycles. The molecule has 0 heterocycles. The minimum absolute atomic E-state index is 0.0225. The van der Waals surface area contributed by atoms with Crippen molar-refractivity contribution in [3.8, 4) is 0 Å². The van der Waals surface area contributed by atoms with Crippen LogP contribution in [-0.4, -0.2) is 22.2 Å². The van der Waals surface area contributed by atoms with Gasteiger partial charge in [-0.25, -0.2) is 0 Å². The van der Waals surface area contributed by atoms with E-state index in [0.29, 0.717) is 53.6 Å². The van der Waals surface area contributed by atoms with Crippen LogP contribution < -0.4 is 0 Å². The van der Waals surface area contributed by atoms with Crippen LogP contribution in [0.25, 0.3) is 0 Å². The van der Waals surface area contributed by atoms with E-state index in [0.717, 1.165) is 18.8 Å². The zero-order valence-electron chi connectivity index (χ0n) is 19.3. The van der Waals surface area contributed by atoms with Crippen LogP contribution in [0.15, 0.2) is 0 Å². The molecule has 0 aromatic rings. The third-order valence-electron chi connectivity index (χ3n) is 10.8. The Morgan fingerprint density at radius 2 is 1.80 bits per heavy atom. The SMILES string of the molecule is CC(=O)C1C[C@@H](O)CC2CC[C@@H]3[C@H](CC[C@]4(C)[C@@H]([C@H](C)CCC(=O)Cl)CC[C@@H]34)[C@]21C. The molecule has 170 valence electrons. The molecule has 4 rings (SSSR count). The second kappa shape index (κ2) is 8.18. The summed E-state index contributed by atoms with van der Waals surface area (Å²) in [5.74, 6) is 4.11. The van der Waals surface area contributed by atoms with Gasteiger partial charge in [0.25, 0.3) is 0 Å². The second-order valence-electron chi connectivity index (χ2n) is 11.9. The standard InChI is InChI=1S/C26H41ClO3/c1-15(5-10-24(27)30)20-8-9-21-19-7-6-17-13-18(29)14-23(16(2)28)26(17,4)22(19)11-12-25(20,21)3/h15,17-23,29H,5-14H2,1-4H3/t15-,17?,18+,19+,20-,21+,22+,23?,25-,26+/m1/s1. The molecule has 0 radical (unpaired) electrons. The average molecular weight is 437 g/mol. The molecule has 0 amide bonds. The summed E-state index contributed by atoms with van der Waals surface area (Å²) < 4.78 is 0. The fourth-order valence-electron chi connectivity index (χ4n) is 9.46. The van der Waals surface area contributed by atoms with Crippen molar-refractivity contribution in [3.63, 3.8) is 0 Å². The first kappa shape index (κ1) is 22.8. The lowest BCUT2D eigenvalue weighted by atomic mass is 9.42. The van der Waals surface area contributed by atoms with Crippen molar-refractivity contribution in [1.82, 2.24) is 0 Å². The van der Waals surface area contributed by atoms with Crippen LogP contribution in [0.2, 0.25) is 0 Å². The van der Waals surface area contributed by atoms with E-state index in [1.807, 2.05) is 0 Å². The third-order valence-corrected chi connectivity index (χ3v) is 11.0. The summed E-state index contributed by atoms with van der Waals surface area (Å²) in [4.78, 5) is 24.0. The molecular weight excluding hydrogens is 396 g/mol. The van der Waals surface area contributed by atoms with Gasteiger partial charge in [-0.1, -0.05) is 20.8 Å². The van der Waals surface area contributed by atoms with Crippen LogP contribution >= 0.6 is 11.6 Å². The number of hydrogen-bond donors (Lipinski definition) is 1. The van der Waals surface area contributed by atoms with Crippen LogP contribution in [0, 0.1) is 52.3 Å². The molecule has 2 unspecified atom stereocenters.